The van der Waals surface area contributed by atoms with Crippen molar-refractivity contribution >= 4 is 16.0 Å². The molecule has 1 saturated heterocycles. The fourth-order valence-electron chi connectivity index (χ4n) is 1.88. The van der Waals surface area contributed by atoms with Gasteiger partial charge in [0.05, 0.1) is 0 Å². The van der Waals surface area contributed by atoms with Crippen molar-refractivity contribution < 1.29 is 18.3 Å². The van der Waals surface area contributed by atoms with Gasteiger partial charge >= 0.3 is 5.97 Å². The van der Waals surface area contributed by atoms with E-state index in [1.807, 2.05) is 0 Å². The molecule has 0 aromatic carbocycles. The average Bonchev–Trinajstić information content (AvgIpc) is 2.79. The summed E-state index contributed by atoms with van der Waals surface area (Å²) in [6, 6.07) is 1.02. The number of aromatic nitrogens is 1. The molecule has 0 unspecified atom stereocenters. The van der Waals surface area contributed by atoms with E-state index < -0.39 is 16.0 Å². The van der Waals surface area contributed by atoms with E-state index in [0.717, 1.165) is 32.0 Å². The van der Waals surface area contributed by atoms with Crippen LogP contribution in [-0.4, -0.2) is 43.6 Å². The minimum absolute atomic E-state index is 0.0431. The summed E-state index contributed by atoms with van der Waals surface area (Å²) in [4.78, 5) is 13.1. The molecule has 100 valence electrons. The zero-order valence-electron chi connectivity index (χ0n) is 9.64. The minimum atomic E-state index is -3.64. The highest BCUT2D eigenvalue weighted by atomic mass is 32.2. The third kappa shape index (κ3) is 2.89. The normalized spacial score (nSPS) is 17.8. The van der Waals surface area contributed by atoms with Crippen molar-refractivity contribution in [2.45, 2.75) is 23.8 Å². The number of sulfonamides is 1. The van der Waals surface area contributed by atoms with Crippen LogP contribution < -0.4 is 10.0 Å². The quantitative estimate of drug-likeness (QED) is 0.604. The molecule has 4 N–H and O–H groups in total. The lowest BCUT2D eigenvalue weighted by atomic mass is 10.1. The van der Waals surface area contributed by atoms with Crippen LogP contribution in [0.25, 0.3) is 0 Å². The van der Waals surface area contributed by atoms with E-state index in [0.29, 0.717) is 0 Å². The van der Waals surface area contributed by atoms with Gasteiger partial charge in [-0.15, -0.1) is 0 Å². The number of rotatable bonds is 4. The number of carbonyl (C=O) groups is 1. The molecule has 18 heavy (non-hydrogen) atoms. The smallest absolute Gasteiger partial charge is 0.352 e. The molecule has 0 aliphatic carbocycles. The standard InChI is InChI=1S/C10H15N3O4S/c14-10(15)9-5-8(6-12-9)18(16,17)13-7-1-3-11-4-2-7/h5-7,11-13H,1-4H2,(H,14,15). The first-order valence-corrected chi connectivity index (χ1v) is 7.12. The Morgan fingerprint density at radius 2 is 2.06 bits per heavy atom. The first kappa shape index (κ1) is 13.1. The van der Waals surface area contributed by atoms with Gasteiger partial charge in [-0.2, -0.15) is 0 Å². The number of nitrogens with one attached hydrogen (secondary N) is 3. The molecule has 8 heteroatoms. The van der Waals surface area contributed by atoms with Crippen molar-refractivity contribution in [3.8, 4) is 0 Å². The lowest BCUT2D eigenvalue weighted by Crippen LogP contribution is -2.42. The van der Waals surface area contributed by atoms with E-state index in [9.17, 15) is 13.2 Å². The maximum Gasteiger partial charge on any atom is 0.352 e. The van der Waals surface area contributed by atoms with Crippen molar-refractivity contribution in [2.24, 2.45) is 0 Å². The maximum absolute atomic E-state index is 12.0. The largest absolute Gasteiger partial charge is 0.477 e. The third-order valence-electron chi connectivity index (χ3n) is 2.86. The number of carboxylic acids is 1. The Kier molecular flexibility index (Phi) is 3.69. The van der Waals surface area contributed by atoms with Gasteiger partial charge in [0.25, 0.3) is 0 Å². The summed E-state index contributed by atoms with van der Waals surface area (Å²) in [6.07, 6.45) is 2.65. The number of aromatic amines is 1. The van der Waals surface area contributed by atoms with Crippen LogP contribution in [-0.2, 0) is 10.0 Å². The number of aromatic carboxylic acids is 1. The van der Waals surface area contributed by atoms with Crippen LogP contribution in [0.3, 0.4) is 0 Å². The van der Waals surface area contributed by atoms with E-state index in [2.05, 4.69) is 15.0 Å². The monoisotopic (exact) mass is 273 g/mol. The van der Waals surface area contributed by atoms with E-state index in [4.69, 9.17) is 5.11 Å². The number of hydrogen-bond acceptors (Lipinski definition) is 4. The highest BCUT2D eigenvalue weighted by Crippen LogP contribution is 2.13. The molecule has 1 fully saturated rings. The molecule has 2 rings (SSSR count). The SMILES string of the molecule is O=C(O)c1cc(S(=O)(=O)NC2CCNCC2)c[nH]1. The van der Waals surface area contributed by atoms with Gasteiger partial charge in [-0.05, 0) is 32.0 Å². The maximum atomic E-state index is 12.0. The van der Waals surface area contributed by atoms with Crippen molar-refractivity contribution in [3.63, 3.8) is 0 Å². The molecule has 0 radical (unpaired) electrons. The Morgan fingerprint density at radius 3 is 2.61 bits per heavy atom. The van der Waals surface area contributed by atoms with Gasteiger partial charge in [-0.25, -0.2) is 17.9 Å². The Morgan fingerprint density at radius 1 is 1.39 bits per heavy atom. The lowest BCUT2D eigenvalue weighted by Gasteiger charge is -2.23. The molecular weight excluding hydrogens is 258 g/mol. The van der Waals surface area contributed by atoms with Gasteiger partial charge in [0.15, 0.2) is 0 Å². The van der Waals surface area contributed by atoms with Crippen LogP contribution in [0, 0.1) is 0 Å². The molecule has 7 nitrogen and oxygen atoms in total. The van der Waals surface area contributed by atoms with Crippen molar-refractivity contribution in [3.05, 3.63) is 18.0 Å². The first-order chi connectivity index (χ1) is 8.49. The van der Waals surface area contributed by atoms with Gasteiger partial charge < -0.3 is 15.4 Å². The molecular formula is C10H15N3O4S. The second kappa shape index (κ2) is 5.09. The summed E-state index contributed by atoms with van der Waals surface area (Å²) < 4.78 is 26.6. The molecule has 1 aromatic rings. The second-order valence-corrected chi connectivity index (χ2v) is 5.91. The summed E-state index contributed by atoms with van der Waals surface area (Å²) in [5.41, 5.74) is -0.138. The zero-order chi connectivity index (χ0) is 13.2. The summed E-state index contributed by atoms with van der Waals surface area (Å²) in [6.45, 7) is 1.56. The first-order valence-electron chi connectivity index (χ1n) is 5.64. The van der Waals surface area contributed by atoms with Gasteiger partial charge in [-0.3, -0.25) is 0 Å². The van der Waals surface area contributed by atoms with Crippen LogP contribution >= 0.6 is 0 Å². The molecule has 1 aliphatic rings. The summed E-state index contributed by atoms with van der Waals surface area (Å²) in [5.74, 6) is -1.18. The molecule has 1 aromatic heterocycles. The molecule has 0 atom stereocenters. The minimum Gasteiger partial charge on any atom is -0.477 e. The fraction of sp³-hybridized carbons (Fsp3) is 0.500. The van der Waals surface area contributed by atoms with Crippen LogP contribution in [0.1, 0.15) is 23.3 Å². The van der Waals surface area contributed by atoms with Crippen molar-refractivity contribution in [1.82, 2.24) is 15.0 Å². The Hall–Kier alpha value is -1.38. The molecule has 1 aliphatic heterocycles. The Balaban J connectivity index is 2.11. The van der Waals surface area contributed by atoms with Crippen molar-refractivity contribution in [1.29, 1.82) is 0 Å². The van der Waals surface area contributed by atoms with E-state index in [1.54, 1.807) is 0 Å². The fourth-order valence-corrected chi connectivity index (χ4v) is 3.18. The van der Waals surface area contributed by atoms with E-state index in [-0.39, 0.29) is 16.6 Å². The van der Waals surface area contributed by atoms with Crippen LogP contribution in [0.5, 0.6) is 0 Å². The summed E-state index contributed by atoms with van der Waals surface area (Å²) >= 11 is 0. The topological polar surface area (TPSA) is 111 Å². The third-order valence-corrected chi connectivity index (χ3v) is 4.36. The van der Waals surface area contributed by atoms with E-state index >= 15 is 0 Å². The molecule has 0 spiro atoms. The summed E-state index contributed by atoms with van der Waals surface area (Å²) in [7, 11) is -3.64. The van der Waals surface area contributed by atoms with Gasteiger partial charge in [-0.1, -0.05) is 0 Å². The Bertz CT molecular complexity index is 531. The number of hydrogen-bond donors (Lipinski definition) is 4. The predicted molar refractivity (Wildman–Crippen MR) is 64.0 cm³/mol. The Labute approximate surface area is 105 Å². The molecule has 0 bridgehead atoms. The van der Waals surface area contributed by atoms with Crippen LogP contribution in [0.15, 0.2) is 17.2 Å². The molecule has 0 saturated carbocycles. The number of carboxylic acid groups (broad SMARTS) is 1. The highest BCUT2D eigenvalue weighted by Gasteiger charge is 2.23. The molecule has 0 amide bonds. The van der Waals surface area contributed by atoms with Crippen LogP contribution in [0.2, 0.25) is 0 Å². The van der Waals surface area contributed by atoms with Gasteiger partial charge in [0.1, 0.15) is 10.6 Å². The number of piperidine rings is 1. The van der Waals surface area contributed by atoms with E-state index in [1.165, 1.54) is 6.20 Å². The average molecular weight is 273 g/mol. The van der Waals surface area contributed by atoms with Gasteiger partial charge in [0.2, 0.25) is 10.0 Å². The second-order valence-electron chi connectivity index (χ2n) is 4.20. The highest BCUT2D eigenvalue weighted by molar-refractivity contribution is 7.89. The lowest BCUT2D eigenvalue weighted by molar-refractivity contribution is 0.0691. The number of H-pyrrole nitrogens is 1. The summed E-state index contributed by atoms with van der Waals surface area (Å²) in [5, 5.41) is 11.9. The predicted octanol–water partition coefficient (Wildman–Crippen LogP) is -0.257. The van der Waals surface area contributed by atoms with Crippen LogP contribution in [0.4, 0.5) is 0 Å². The van der Waals surface area contributed by atoms with Crippen molar-refractivity contribution in [2.75, 3.05) is 13.1 Å². The zero-order valence-corrected chi connectivity index (χ0v) is 10.5. The molecule has 2 heterocycles. The van der Waals surface area contributed by atoms with Gasteiger partial charge in [0, 0.05) is 12.2 Å².